The van der Waals surface area contributed by atoms with Crippen molar-refractivity contribution in [2.75, 3.05) is 7.11 Å². The molecule has 0 N–H and O–H groups in total. The van der Waals surface area contributed by atoms with Crippen molar-refractivity contribution in [1.29, 1.82) is 0 Å². The number of methoxy groups -OCH3 is 1. The van der Waals surface area contributed by atoms with Crippen molar-refractivity contribution in [1.82, 2.24) is 0 Å². The minimum Gasteiger partial charge on any atom is -0.496 e. The van der Waals surface area contributed by atoms with Gasteiger partial charge in [-0.05, 0) is 37.3 Å². The zero-order chi connectivity index (χ0) is 16.1. The summed E-state index contributed by atoms with van der Waals surface area (Å²) in [5, 5.41) is 0.760. The zero-order valence-corrected chi connectivity index (χ0v) is 13.6. The summed E-state index contributed by atoms with van der Waals surface area (Å²) in [4.78, 5) is 11.9. The van der Waals surface area contributed by atoms with E-state index in [1.165, 1.54) is 12.1 Å². The number of halogens is 2. The highest BCUT2D eigenvalue weighted by atomic mass is 35.5. The van der Waals surface area contributed by atoms with Gasteiger partial charge in [0, 0.05) is 22.7 Å². The largest absolute Gasteiger partial charge is 0.496 e. The van der Waals surface area contributed by atoms with Crippen molar-refractivity contribution < 1.29 is 14.3 Å². The highest BCUT2D eigenvalue weighted by Gasteiger charge is 2.07. The van der Waals surface area contributed by atoms with E-state index in [1.807, 2.05) is 25.1 Å². The van der Waals surface area contributed by atoms with Crippen LogP contribution in [0.4, 0.5) is 0 Å². The van der Waals surface area contributed by atoms with Crippen LogP contribution in [-0.4, -0.2) is 13.1 Å². The molecule has 0 aliphatic carbocycles. The molecule has 2 aromatic carbocycles. The predicted octanol–water partition coefficient (Wildman–Crippen LogP) is 4.93. The molecule has 5 heteroatoms. The lowest BCUT2D eigenvalue weighted by Crippen LogP contribution is -2.04. The summed E-state index contributed by atoms with van der Waals surface area (Å²) >= 11 is 11.8. The van der Waals surface area contributed by atoms with Gasteiger partial charge in [0.05, 0.1) is 12.1 Å². The maximum atomic E-state index is 11.9. The molecule has 0 saturated heterocycles. The Morgan fingerprint density at radius 3 is 2.59 bits per heavy atom. The van der Waals surface area contributed by atoms with Gasteiger partial charge in [-0.1, -0.05) is 34.8 Å². The number of benzene rings is 2. The van der Waals surface area contributed by atoms with E-state index in [0.29, 0.717) is 15.8 Å². The molecule has 0 radical (unpaired) electrons. The van der Waals surface area contributed by atoms with Crippen LogP contribution in [0.25, 0.3) is 6.08 Å². The Balaban J connectivity index is 2.15. The van der Waals surface area contributed by atoms with Crippen LogP contribution in [0.2, 0.25) is 10.0 Å². The lowest BCUT2D eigenvalue weighted by atomic mass is 10.1. The fourth-order valence-electron chi connectivity index (χ4n) is 1.84. The van der Waals surface area contributed by atoms with E-state index in [-0.39, 0.29) is 5.75 Å². The van der Waals surface area contributed by atoms with Gasteiger partial charge in [0.1, 0.15) is 5.75 Å². The summed E-state index contributed by atoms with van der Waals surface area (Å²) in [6, 6.07) is 10.4. The second-order valence-corrected chi connectivity index (χ2v) is 5.42. The summed E-state index contributed by atoms with van der Waals surface area (Å²) < 4.78 is 10.4. The molecule has 2 aromatic rings. The number of esters is 1. The summed E-state index contributed by atoms with van der Waals surface area (Å²) in [5.41, 5.74) is 1.85. The van der Waals surface area contributed by atoms with E-state index in [2.05, 4.69) is 0 Å². The van der Waals surface area contributed by atoms with Crippen molar-refractivity contribution in [2.24, 2.45) is 0 Å². The molecule has 0 unspecified atom stereocenters. The Bertz CT molecular complexity index is 724. The maximum Gasteiger partial charge on any atom is 0.336 e. The molecule has 0 aliphatic heterocycles. The molecule has 0 aromatic heterocycles. The monoisotopic (exact) mass is 336 g/mol. The van der Waals surface area contributed by atoms with E-state index < -0.39 is 5.97 Å². The van der Waals surface area contributed by atoms with Crippen LogP contribution in [0.3, 0.4) is 0 Å². The van der Waals surface area contributed by atoms with E-state index >= 15 is 0 Å². The molecule has 0 aliphatic rings. The highest BCUT2D eigenvalue weighted by molar-refractivity contribution is 6.34. The fourth-order valence-corrected chi connectivity index (χ4v) is 2.16. The molecule has 0 saturated carbocycles. The number of ether oxygens (including phenoxy) is 2. The lowest BCUT2D eigenvalue weighted by Gasteiger charge is -2.06. The van der Waals surface area contributed by atoms with Gasteiger partial charge in [-0.25, -0.2) is 4.79 Å². The van der Waals surface area contributed by atoms with E-state index in [9.17, 15) is 4.79 Å². The van der Waals surface area contributed by atoms with Gasteiger partial charge in [0.25, 0.3) is 0 Å². The standard InChI is InChI=1S/C17H14Cl2O3/c1-11-3-7-15(21-2)12(9-11)4-8-17(20)22-16-10-13(18)5-6-14(16)19/h3-10H,1-2H3/b8-4+. The summed E-state index contributed by atoms with van der Waals surface area (Å²) in [6.07, 6.45) is 2.95. The summed E-state index contributed by atoms with van der Waals surface area (Å²) in [5.74, 6) is 0.350. The molecule has 0 fully saturated rings. The van der Waals surface area contributed by atoms with Crippen LogP contribution in [0.1, 0.15) is 11.1 Å². The Morgan fingerprint density at radius 1 is 1.09 bits per heavy atom. The van der Waals surface area contributed by atoms with Gasteiger partial charge < -0.3 is 9.47 Å². The molecule has 114 valence electrons. The van der Waals surface area contributed by atoms with Gasteiger partial charge in [-0.15, -0.1) is 0 Å². The molecule has 0 heterocycles. The van der Waals surface area contributed by atoms with Crippen molar-refractivity contribution in [3.05, 3.63) is 63.6 Å². The first kappa shape index (κ1) is 16.4. The van der Waals surface area contributed by atoms with Gasteiger partial charge in [0.2, 0.25) is 0 Å². The van der Waals surface area contributed by atoms with Crippen molar-refractivity contribution >= 4 is 35.2 Å². The van der Waals surface area contributed by atoms with Gasteiger partial charge >= 0.3 is 5.97 Å². The maximum absolute atomic E-state index is 11.9. The van der Waals surface area contributed by atoms with Crippen LogP contribution < -0.4 is 9.47 Å². The summed E-state index contributed by atoms with van der Waals surface area (Å²) in [6.45, 7) is 1.96. The Kier molecular flexibility index (Phi) is 5.47. The van der Waals surface area contributed by atoms with Crippen LogP contribution in [0, 0.1) is 6.92 Å². The number of hydrogen-bond donors (Lipinski definition) is 0. The molecule has 0 amide bonds. The Hall–Kier alpha value is -1.97. The lowest BCUT2D eigenvalue weighted by molar-refractivity contribution is -0.128. The van der Waals surface area contributed by atoms with Gasteiger partial charge in [0.15, 0.2) is 5.75 Å². The topological polar surface area (TPSA) is 35.5 Å². The number of carbonyl (C=O) groups is 1. The normalized spacial score (nSPS) is 10.7. The van der Waals surface area contributed by atoms with Crippen LogP contribution >= 0.6 is 23.2 Å². The molecule has 0 atom stereocenters. The SMILES string of the molecule is COc1ccc(C)cc1/C=C/C(=O)Oc1cc(Cl)ccc1Cl. The predicted molar refractivity (Wildman–Crippen MR) is 88.9 cm³/mol. The fraction of sp³-hybridized carbons (Fsp3) is 0.118. The van der Waals surface area contributed by atoms with Crippen LogP contribution in [0.15, 0.2) is 42.5 Å². The minimum absolute atomic E-state index is 0.222. The average molecular weight is 337 g/mol. The number of rotatable bonds is 4. The molecular formula is C17H14Cl2O3. The van der Waals surface area contributed by atoms with E-state index in [0.717, 1.165) is 11.1 Å². The minimum atomic E-state index is -0.548. The van der Waals surface area contributed by atoms with Crippen molar-refractivity contribution in [3.8, 4) is 11.5 Å². The molecule has 2 rings (SSSR count). The molecule has 0 bridgehead atoms. The van der Waals surface area contributed by atoms with E-state index in [4.69, 9.17) is 32.7 Å². The van der Waals surface area contributed by atoms with E-state index in [1.54, 1.807) is 25.3 Å². The first-order chi connectivity index (χ1) is 10.5. The molecule has 22 heavy (non-hydrogen) atoms. The van der Waals surface area contributed by atoms with Crippen molar-refractivity contribution in [2.45, 2.75) is 6.92 Å². The second-order valence-electron chi connectivity index (χ2n) is 4.57. The smallest absolute Gasteiger partial charge is 0.336 e. The number of carbonyl (C=O) groups excluding carboxylic acids is 1. The highest BCUT2D eigenvalue weighted by Crippen LogP contribution is 2.28. The quantitative estimate of drug-likeness (QED) is 0.451. The average Bonchev–Trinajstić information content (AvgIpc) is 2.49. The zero-order valence-electron chi connectivity index (χ0n) is 12.1. The first-order valence-corrected chi connectivity index (χ1v) is 7.25. The van der Waals surface area contributed by atoms with Gasteiger partial charge in [-0.3, -0.25) is 0 Å². The third-order valence-electron chi connectivity index (χ3n) is 2.89. The van der Waals surface area contributed by atoms with Gasteiger partial charge in [-0.2, -0.15) is 0 Å². The third kappa shape index (κ3) is 4.26. The summed E-state index contributed by atoms with van der Waals surface area (Å²) in [7, 11) is 1.58. The first-order valence-electron chi connectivity index (χ1n) is 6.49. The van der Waals surface area contributed by atoms with Crippen molar-refractivity contribution in [3.63, 3.8) is 0 Å². The molecular weight excluding hydrogens is 323 g/mol. The molecule has 3 nitrogen and oxygen atoms in total. The Labute approximate surface area is 139 Å². The third-order valence-corrected chi connectivity index (χ3v) is 3.44. The second kappa shape index (κ2) is 7.34. The van der Waals surface area contributed by atoms with Crippen LogP contribution in [-0.2, 0) is 4.79 Å². The molecule has 0 spiro atoms. The number of hydrogen-bond acceptors (Lipinski definition) is 3. The Morgan fingerprint density at radius 2 is 1.86 bits per heavy atom. The number of aryl methyl sites for hydroxylation is 1. The van der Waals surface area contributed by atoms with Crippen LogP contribution in [0.5, 0.6) is 11.5 Å².